The molecule has 1 fully saturated rings. The van der Waals surface area contributed by atoms with Crippen molar-refractivity contribution >= 4 is 23.2 Å². The van der Waals surface area contributed by atoms with Crippen molar-refractivity contribution < 1.29 is 9.59 Å². The van der Waals surface area contributed by atoms with Crippen LogP contribution in [0.2, 0.25) is 0 Å². The Kier molecular flexibility index (Phi) is 6.60. The number of nitrogens with one attached hydrogen (secondary N) is 1. The molecule has 0 radical (unpaired) electrons. The Hall–Kier alpha value is -2.93. The van der Waals surface area contributed by atoms with Gasteiger partial charge < -0.3 is 20.0 Å². The molecular formula is C21H27N5O2. The Bertz CT molecular complexity index is 786. The molecule has 3 rings (SSSR count). The molecule has 148 valence electrons. The summed E-state index contributed by atoms with van der Waals surface area (Å²) in [5.41, 5.74) is 2.78. The molecule has 0 bridgehead atoms. The quantitative estimate of drug-likeness (QED) is 0.827. The van der Waals surface area contributed by atoms with E-state index < -0.39 is 0 Å². The molecule has 2 heterocycles. The Balaban J connectivity index is 1.55. The van der Waals surface area contributed by atoms with Crippen LogP contribution in [0.15, 0.2) is 48.8 Å². The second kappa shape index (κ2) is 9.32. The molecule has 0 atom stereocenters. The summed E-state index contributed by atoms with van der Waals surface area (Å²) in [7, 11) is 2.13. The Morgan fingerprint density at radius 3 is 2.43 bits per heavy atom. The number of aromatic nitrogens is 1. The van der Waals surface area contributed by atoms with Crippen LogP contribution < -0.4 is 10.2 Å². The standard InChI is InChI=1S/C21H27N5O2/c1-17(27)26(15-18-4-3-9-22-14-18)16-21(28)23-19-5-7-20(8-6-19)25-12-10-24(2)11-13-25/h3-9,14H,10-13,15-16H2,1-2H3,(H,23,28). The van der Waals surface area contributed by atoms with Crippen molar-refractivity contribution in [3.63, 3.8) is 0 Å². The van der Waals surface area contributed by atoms with Crippen LogP contribution in [0.25, 0.3) is 0 Å². The number of amides is 2. The lowest BCUT2D eigenvalue weighted by Crippen LogP contribution is -2.44. The van der Waals surface area contributed by atoms with Crippen molar-refractivity contribution in [1.29, 1.82) is 0 Å². The van der Waals surface area contributed by atoms with Crippen LogP contribution in [-0.4, -0.2) is 66.4 Å². The van der Waals surface area contributed by atoms with E-state index in [0.29, 0.717) is 6.54 Å². The van der Waals surface area contributed by atoms with Gasteiger partial charge in [0.2, 0.25) is 11.8 Å². The van der Waals surface area contributed by atoms with E-state index in [4.69, 9.17) is 0 Å². The zero-order valence-corrected chi connectivity index (χ0v) is 16.5. The number of nitrogens with zero attached hydrogens (tertiary/aromatic N) is 4. The van der Waals surface area contributed by atoms with E-state index in [-0.39, 0.29) is 18.4 Å². The van der Waals surface area contributed by atoms with Crippen LogP contribution in [-0.2, 0) is 16.1 Å². The maximum Gasteiger partial charge on any atom is 0.244 e. The number of rotatable bonds is 6. The van der Waals surface area contributed by atoms with Gasteiger partial charge in [0.15, 0.2) is 0 Å². The molecule has 0 spiro atoms. The minimum atomic E-state index is -0.216. The number of anilines is 2. The molecule has 1 aliphatic heterocycles. The maximum absolute atomic E-state index is 12.4. The highest BCUT2D eigenvalue weighted by atomic mass is 16.2. The molecule has 1 aliphatic rings. The van der Waals surface area contributed by atoms with Gasteiger partial charge in [-0.2, -0.15) is 0 Å². The first-order valence-electron chi connectivity index (χ1n) is 9.49. The first-order chi connectivity index (χ1) is 13.5. The topological polar surface area (TPSA) is 68.8 Å². The van der Waals surface area contributed by atoms with Gasteiger partial charge in [0, 0.05) is 63.4 Å². The number of likely N-dealkylation sites (N-methyl/N-ethyl adjacent to an activating group) is 1. The molecule has 28 heavy (non-hydrogen) atoms. The number of hydrogen-bond donors (Lipinski definition) is 1. The molecule has 1 aromatic carbocycles. The van der Waals surface area contributed by atoms with Gasteiger partial charge in [-0.25, -0.2) is 0 Å². The van der Waals surface area contributed by atoms with Gasteiger partial charge in [0.1, 0.15) is 6.54 Å². The fourth-order valence-electron chi connectivity index (χ4n) is 3.18. The van der Waals surface area contributed by atoms with Crippen LogP contribution in [0.4, 0.5) is 11.4 Å². The number of piperazine rings is 1. The number of benzene rings is 1. The van der Waals surface area contributed by atoms with Gasteiger partial charge in [-0.05, 0) is 42.9 Å². The van der Waals surface area contributed by atoms with E-state index >= 15 is 0 Å². The van der Waals surface area contributed by atoms with Crippen LogP contribution in [0.5, 0.6) is 0 Å². The SMILES string of the molecule is CC(=O)N(CC(=O)Nc1ccc(N2CCN(C)CC2)cc1)Cc1cccnc1. The van der Waals surface area contributed by atoms with Crippen LogP contribution in [0.1, 0.15) is 12.5 Å². The second-order valence-electron chi connectivity index (χ2n) is 7.12. The van der Waals surface area contributed by atoms with E-state index in [0.717, 1.165) is 43.1 Å². The minimum absolute atomic E-state index is 0.00440. The van der Waals surface area contributed by atoms with E-state index in [1.165, 1.54) is 11.8 Å². The van der Waals surface area contributed by atoms with Gasteiger partial charge in [-0.1, -0.05) is 6.07 Å². The van der Waals surface area contributed by atoms with Crippen LogP contribution >= 0.6 is 0 Å². The Labute approximate surface area is 166 Å². The summed E-state index contributed by atoms with van der Waals surface area (Å²) in [5.74, 6) is -0.365. The number of hydrogen-bond acceptors (Lipinski definition) is 5. The number of carbonyl (C=O) groups is 2. The molecule has 1 N–H and O–H groups in total. The van der Waals surface area contributed by atoms with Crippen molar-refractivity contribution in [2.75, 3.05) is 50.0 Å². The van der Waals surface area contributed by atoms with E-state index in [2.05, 4.69) is 27.1 Å². The molecule has 2 aromatic rings. The second-order valence-corrected chi connectivity index (χ2v) is 7.12. The lowest BCUT2D eigenvalue weighted by atomic mass is 10.2. The third-order valence-corrected chi connectivity index (χ3v) is 4.90. The Morgan fingerprint density at radius 1 is 1.11 bits per heavy atom. The van der Waals surface area contributed by atoms with Crippen LogP contribution in [0, 0.1) is 0 Å². The highest BCUT2D eigenvalue weighted by Gasteiger charge is 2.16. The first-order valence-corrected chi connectivity index (χ1v) is 9.49. The van der Waals surface area contributed by atoms with Crippen molar-refractivity contribution in [2.24, 2.45) is 0 Å². The number of pyridine rings is 1. The highest BCUT2D eigenvalue weighted by molar-refractivity contribution is 5.94. The summed E-state index contributed by atoms with van der Waals surface area (Å²) in [4.78, 5) is 34.5. The fraction of sp³-hybridized carbons (Fsp3) is 0.381. The molecule has 2 amide bonds. The molecule has 1 aromatic heterocycles. The van der Waals surface area contributed by atoms with Gasteiger partial charge >= 0.3 is 0 Å². The summed E-state index contributed by atoms with van der Waals surface area (Å²) in [6.07, 6.45) is 3.38. The molecule has 0 aliphatic carbocycles. The normalized spacial score (nSPS) is 14.6. The molecular weight excluding hydrogens is 354 g/mol. The predicted octanol–water partition coefficient (Wildman–Crippen LogP) is 1.82. The van der Waals surface area contributed by atoms with Crippen molar-refractivity contribution in [3.05, 3.63) is 54.4 Å². The number of carbonyl (C=O) groups excluding carboxylic acids is 2. The van der Waals surface area contributed by atoms with E-state index in [1.54, 1.807) is 12.4 Å². The third-order valence-electron chi connectivity index (χ3n) is 4.90. The fourth-order valence-corrected chi connectivity index (χ4v) is 3.18. The summed E-state index contributed by atoms with van der Waals surface area (Å²) < 4.78 is 0. The third kappa shape index (κ3) is 5.53. The summed E-state index contributed by atoms with van der Waals surface area (Å²) >= 11 is 0. The predicted molar refractivity (Wildman–Crippen MR) is 110 cm³/mol. The first kappa shape index (κ1) is 19.8. The minimum Gasteiger partial charge on any atom is -0.369 e. The van der Waals surface area contributed by atoms with Gasteiger partial charge in [-0.15, -0.1) is 0 Å². The average Bonchev–Trinajstić information content (AvgIpc) is 2.69. The molecule has 7 heteroatoms. The van der Waals surface area contributed by atoms with Gasteiger partial charge in [-0.3, -0.25) is 14.6 Å². The monoisotopic (exact) mass is 381 g/mol. The summed E-state index contributed by atoms with van der Waals surface area (Å²) in [5, 5.41) is 2.88. The molecule has 7 nitrogen and oxygen atoms in total. The van der Waals surface area contributed by atoms with Gasteiger partial charge in [0.05, 0.1) is 0 Å². The van der Waals surface area contributed by atoms with Crippen LogP contribution in [0.3, 0.4) is 0 Å². The average molecular weight is 381 g/mol. The van der Waals surface area contributed by atoms with E-state index in [1.807, 2.05) is 36.4 Å². The van der Waals surface area contributed by atoms with Crippen molar-refractivity contribution in [3.8, 4) is 0 Å². The maximum atomic E-state index is 12.4. The van der Waals surface area contributed by atoms with E-state index in [9.17, 15) is 9.59 Å². The molecule has 0 unspecified atom stereocenters. The van der Waals surface area contributed by atoms with Gasteiger partial charge in [0.25, 0.3) is 0 Å². The Morgan fingerprint density at radius 2 is 1.82 bits per heavy atom. The smallest absolute Gasteiger partial charge is 0.244 e. The summed E-state index contributed by atoms with van der Waals surface area (Å²) in [6, 6.07) is 11.6. The molecule has 0 saturated carbocycles. The lowest BCUT2D eigenvalue weighted by molar-refractivity contribution is -0.133. The highest BCUT2D eigenvalue weighted by Crippen LogP contribution is 2.19. The zero-order chi connectivity index (χ0) is 19.9. The zero-order valence-electron chi connectivity index (χ0n) is 16.5. The molecule has 1 saturated heterocycles. The van der Waals surface area contributed by atoms with Crippen molar-refractivity contribution in [1.82, 2.24) is 14.8 Å². The summed E-state index contributed by atoms with van der Waals surface area (Å²) in [6.45, 7) is 5.94. The lowest BCUT2D eigenvalue weighted by Gasteiger charge is -2.34. The largest absolute Gasteiger partial charge is 0.369 e. The van der Waals surface area contributed by atoms with Crippen molar-refractivity contribution in [2.45, 2.75) is 13.5 Å².